The van der Waals surface area contributed by atoms with E-state index < -0.39 is 17.5 Å². The van der Waals surface area contributed by atoms with Crippen molar-refractivity contribution in [2.24, 2.45) is 4.99 Å². The van der Waals surface area contributed by atoms with Gasteiger partial charge in [0.1, 0.15) is 19.1 Å². The van der Waals surface area contributed by atoms with E-state index in [4.69, 9.17) is 4.74 Å². The lowest BCUT2D eigenvalue weighted by Gasteiger charge is -2.36. The van der Waals surface area contributed by atoms with Crippen LogP contribution < -0.4 is 5.32 Å². The lowest BCUT2D eigenvalue weighted by Crippen LogP contribution is -2.46. The highest BCUT2D eigenvalue weighted by molar-refractivity contribution is 5.88. The van der Waals surface area contributed by atoms with E-state index in [0.717, 1.165) is 30.9 Å². The molecule has 0 bridgehead atoms. The van der Waals surface area contributed by atoms with Crippen LogP contribution >= 0.6 is 0 Å². The Bertz CT molecular complexity index is 622. The van der Waals surface area contributed by atoms with Gasteiger partial charge in [-0.3, -0.25) is 0 Å². The lowest BCUT2D eigenvalue weighted by molar-refractivity contribution is 0.237. The molecule has 22 heavy (non-hydrogen) atoms. The average molecular weight is 311 g/mol. The molecule has 0 saturated carbocycles. The third-order valence-electron chi connectivity index (χ3n) is 3.65. The normalized spacial score (nSPS) is 20.7. The number of nitrogens with zero attached hydrogens (tertiary/aromatic N) is 2. The van der Waals surface area contributed by atoms with Crippen LogP contribution in [-0.2, 0) is 11.3 Å². The zero-order valence-electron chi connectivity index (χ0n) is 12.1. The molecule has 0 amide bonds. The second-order valence-corrected chi connectivity index (χ2v) is 5.43. The minimum absolute atomic E-state index is 0.0771. The molecule has 1 fully saturated rings. The minimum Gasteiger partial charge on any atom is -0.473 e. The van der Waals surface area contributed by atoms with Crippen molar-refractivity contribution in [1.29, 1.82) is 0 Å². The Hall–Kier alpha value is -2.18. The first-order valence-corrected chi connectivity index (χ1v) is 7.07. The van der Waals surface area contributed by atoms with Crippen LogP contribution in [0.1, 0.15) is 18.9 Å². The number of benzene rings is 1. The van der Waals surface area contributed by atoms with Gasteiger partial charge >= 0.3 is 0 Å². The first-order valence-electron chi connectivity index (χ1n) is 7.07. The van der Waals surface area contributed by atoms with Crippen LogP contribution in [0.25, 0.3) is 0 Å². The average Bonchev–Trinajstić information content (AvgIpc) is 2.50. The summed E-state index contributed by atoms with van der Waals surface area (Å²) in [5.74, 6) is -2.61. The van der Waals surface area contributed by atoms with Crippen molar-refractivity contribution >= 4 is 5.90 Å². The van der Waals surface area contributed by atoms with Crippen molar-refractivity contribution in [3.05, 3.63) is 47.0 Å². The van der Waals surface area contributed by atoms with E-state index >= 15 is 0 Å². The van der Waals surface area contributed by atoms with Crippen molar-refractivity contribution < 1.29 is 17.9 Å². The van der Waals surface area contributed by atoms with Gasteiger partial charge in [-0.25, -0.2) is 18.2 Å². The monoisotopic (exact) mass is 311 g/mol. The molecule has 7 heteroatoms. The molecular weight excluding hydrogens is 295 g/mol. The molecule has 0 spiro atoms. The van der Waals surface area contributed by atoms with Crippen LogP contribution in [0.15, 0.2) is 29.0 Å². The molecule has 2 heterocycles. The van der Waals surface area contributed by atoms with E-state index in [-0.39, 0.29) is 12.2 Å². The van der Waals surface area contributed by atoms with Gasteiger partial charge in [0.2, 0.25) is 5.90 Å². The van der Waals surface area contributed by atoms with Gasteiger partial charge in [-0.2, -0.15) is 0 Å². The van der Waals surface area contributed by atoms with E-state index in [0.29, 0.717) is 18.6 Å². The maximum absolute atomic E-state index is 13.1. The highest BCUT2D eigenvalue weighted by Crippen LogP contribution is 2.18. The van der Waals surface area contributed by atoms with Gasteiger partial charge in [-0.05, 0) is 31.0 Å². The fourth-order valence-corrected chi connectivity index (χ4v) is 2.42. The zero-order valence-corrected chi connectivity index (χ0v) is 12.1. The van der Waals surface area contributed by atoms with Gasteiger partial charge in [0.25, 0.3) is 0 Å². The third kappa shape index (κ3) is 3.03. The maximum Gasteiger partial charge on any atom is 0.214 e. The van der Waals surface area contributed by atoms with Crippen molar-refractivity contribution in [2.45, 2.75) is 26.0 Å². The van der Waals surface area contributed by atoms with Crippen molar-refractivity contribution in [3.63, 3.8) is 0 Å². The number of fused-ring (bicyclic) bond motifs is 1. The Balaban J connectivity index is 1.66. The Morgan fingerprint density at radius 1 is 1.32 bits per heavy atom. The van der Waals surface area contributed by atoms with Gasteiger partial charge in [0, 0.05) is 18.7 Å². The second kappa shape index (κ2) is 5.90. The molecule has 1 saturated heterocycles. The number of aliphatic imine (C=N–C) groups is 1. The predicted molar refractivity (Wildman–Crippen MR) is 75.4 cm³/mol. The van der Waals surface area contributed by atoms with E-state index in [1.165, 1.54) is 0 Å². The molecule has 4 nitrogen and oxygen atoms in total. The quantitative estimate of drug-likeness (QED) is 0.853. The van der Waals surface area contributed by atoms with Gasteiger partial charge in [-0.15, -0.1) is 0 Å². The number of hydrogen-bond acceptors (Lipinski definition) is 4. The first kappa shape index (κ1) is 14.7. The number of hydrogen-bond donors (Lipinski definition) is 1. The molecule has 0 aliphatic carbocycles. The smallest absolute Gasteiger partial charge is 0.214 e. The number of rotatable bonds is 2. The molecule has 1 N–H and O–H groups in total. The molecule has 0 unspecified atom stereocenters. The van der Waals surface area contributed by atoms with Crippen LogP contribution in [0.3, 0.4) is 0 Å². The molecule has 2 aliphatic heterocycles. The van der Waals surface area contributed by atoms with Crippen molar-refractivity contribution in [1.82, 2.24) is 10.2 Å². The summed E-state index contributed by atoms with van der Waals surface area (Å²) in [6.07, 6.45) is 2.80. The van der Waals surface area contributed by atoms with Gasteiger partial charge < -0.3 is 15.0 Å². The van der Waals surface area contributed by atoms with E-state index in [1.54, 1.807) is 6.08 Å². The van der Waals surface area contributed by atoms with Crippen molar-refractivity contribution in [3.8, 4) is 0 Å². The summed E-state index contributed by atoms with van der Waals surface area (Å²) in [5.41, 5.74) is 0.213. The van der Waals surface area contributed by atoms with Crippen LogP contribution in [0.4, 0.5) is 13.2 Å². The number of ether oxygens (including phenoxy) is 1. The van der Waals surface area contributed by atoms with Gasteiger partial charge in [0.15, 0.2) is 17.5 Å². The SMILES string of the molecule is C[C@@H]1CCN2CN=C(OCc3cc(F)c(F)c(F)c3)C=C2N1. The third-order valence-corrected chi connectivity index (χ3v) is 3.65. The summed E-state index contributed by atoms with van der Waals surface area (Å²) in [7, 11) is 0. The van der Waals surface area contributed by atoms with E-state index in [1.807, 2.05) is 0 Å². The van der Waals surface area contributed by atoms with E-state index in [2.05, 4.69) is 22.1 Å². The molecule has 0 radical (unpaired) electrons. The molecule has 1 atom stereocenters. The molecule has 1 aromatic carbocycles. The van der Waals surface area contributed by atoms with Crippen LogP contribution in [0.2, 0.25) is 0 Å². The largest absolute Gasteiger partial charge is 0.473 e. The number of nitrogens with one attached hydrogen (secondary N) is 1. The predicted octanol–water partition coefficient (Wildman–Crippen LogP) is 2.52. The fraction of sp³-hybridized carbons (Fsp3) is 0.400. The molecule has 0 aromatic heterocycles. The molecule has 1 aromatic rings. The summed E-state index contributed by atoms with van der Waals surface area (Å²) in [6.45, 7) is 3.42. The summed E-state index contributed by atoms with van der Waals surface area (Å²) in [6, 6.07) is 2.21. The molecule has 2 aliphatic rings. The minimum atomic E-state index is -1.48. The van der Waals surface area contributed by atoms with Crippen LogP contribution in [0, 0.1) is 17.5 Å². The van der Waals surface area contributed by atoms with Crippen LogP contribution in [-0.4, -0.2) is 30.1 Å². The lowest BCUT2D eigenvalue weighted by atomic mass is 10.1. The maximum atomic E-state index is 13.1. The molecule has 118 valence electrons. The van der Waals surface area contributed by atoms with E-state index in [9.17, 15) is 13.2 Å². The standard InChI is InChI=1S/C15H16F3N3O/c1-9-2-3-21-8-19-14(6-13(21)20-9)22-7-10-4-11(16)15(18)12(17)5-10/h4-6,9,20H,2-3,7-8H2,1H3/t9-/m1/s1. The summed E-state index contributed by atoms with van der Waals surface area (Å²) in [5, 5.41) is 3.33. The Morgan fingerprint density at radius 2 is 2.05 bits per heavy atom. The second-order valence-electron chi connectivity index (χ2n) is 5.43. The van der Waals surface area contributed by atoms with Crippen LogP contribution in [0.5, 0.6) is 0 Å². The first-order chi connectivity index (χ1) is 10.5. The number of halogens is 3. The zero-order chi connectivity index (χ0) is 15.7. The Kier molecular flexibility index (Phi) is 3.96. The Labute approximate surface area is 126 Å². The highest BCUT2D eigenvalue weighted by Gasteiger charge is 2.22. The van der Waals surface area contributed by atoms with Gasteiger partial charge in [0.05, 0.1) is 0 Å². The Morgan fingerprint density at radius 3 is 2.77 bits per heavy atom. The summed E-state index contributed by atoms with van der Waals surface area (Å²) in [4.78, 5) is 6.35. The summed E-state index contributed by atoms with van der Waals surface area (Å²) < 4.78 is 44.6. The van der Waals surface area contributed by atoms with Crippen molar-refractivity contribution in [2.75, 3.05) is 13.2 Å². The topological polar surface area (TPSA) is 36.9 Å². The highest BCUT2D eigenvalue weighted by atomic mass is 19.2. The molecular formula is C15H16F3N3O. The fourth-order valence-electron chi connectivity index (χ4n) is 2.42. The van der Waals surface area contributed by atoms with Gasteiger partial charge in [-0.1, -0.05) is 0 Å². The summed E-state index contributed by atoms with van der Waals surface area (Å²) >= 11 is 0. The molecule has 3 rings (SSSR count).